The minimum absolute atomic E-state index is 0.136. The lowest BCUT2D eigenvalue weighted by molar-refractivity contribution is -0.148. The molecule has 3 N–H and O–H groups in total. The smallest absolute Gasteiger partial charge is 0.330 e. The number of rotatable bonds is 9. The highest BCUT2D eigenvalue weighted by atomic mass is 16.6. The van der Waals surface area contributed by atoms with Crippen molar-refractivity contribution in [1.82, 2.24) is 5.43 Å². The second-order valence-electron chi connectivity index (χ2n) is 8.35. The number of nitrogens with two attached hydrogens (primary N) is 1. The van der Waals surface area contributed by atoms with Gasteiger partial charge in [0.05, 0.1) is 0 Å². The van der Waals surface area contributed by atoms with Crippen LogP contribution in [0, 0.1) is 23.7 Å². The number of hydrazine groups is 1. The number of amides is 1. The van der Waals surface area contributed by atoms with Gasteiger partial charge in [-0.1, -0.05) is 33.8 Å². The van der Waals surface area contributed by atoms with Crippen molar-refractivity contribution in [2.24, 2.45) is 29.5 Å². The Hall–Kier alpha value is -1.36. The van der Waals surface area contributed by atoms with Crippen LogP contribution in [0.3, 0.4) is 0 Å². The maximum Gasteiger partial charge on any atom is 0.330 e. The summed E-state index contributed by atoms with van der Waals surface area (Å²) in [5, 5.41) is 0. The quantitative estimate of drug-likeness (QED) is 0.221. The van der Waals surface area contributed by atoms with Gasteiger partial charge in [-0.3, -0.25) is 10.2 Å². The third-order valence-electron chi connectivity index (χ3n) is 3.54. The summed E-state index contributed by atoms with van der Waals surface area (Å²) in [4.78, 5) is 23.9. The van der Waals surface area contributed by atoms with E-state index in [0.29, 0.717) is 18.3 Å². The van der Waals surface area contributed by atoms with Gasteiger partial charge in [0.25, 0.3) is 0 Å². The molecule has 1 amide bonds. The number of hydrogen-bond acceptors (Lipinski definition) is 4. The van der Waals surface area contributed by atoms with E-state index in [1.807, 2.05) is 26.8 Å². The Labute approximate surface area is 147 Å². The molecule has 0 rings (SSSR count). The van der Waals surface area contributed by atoms with E-state index in [0.717, 1.165) is 12.8 Å². The van der Waals surface area contributed by atoms with Crippen LogP contribution in [0.15, 0.2) is 12.2 Å². The molecule has 24 heavy (non-hydrogen) atoms. The Balaban J connectivity index is 5.02. The van der Waals surface area contributed by atoms with Gasteiger partial charge < -0.3 is 4.74 Å². The van der Waals surface area contributed by atoms with Gasteiger partial charge in [0.2, 0.25) is 5.91 Å². The van der Waals surface area contributed by atoms with Crippen molar-refractivity contribution < 1.29 is 14.3 Å². The van der Waals surface area contributed by atoms with Crippen molar-refractivity contribution >= 4 is 11.9 Å². The molecule has 140 valence electrons. The first-order valence-electron chi connectivity index (χ1n) is 8.86. The second-order valence-corrected chi connectivity index (χ2v) is 8.35. The average Bonchev–Trinajstić information content (AvgIpc) is 2.40. The van der Waals surface area contributed by atoms with Crippen molar-refractivity contribution in [1.29, 1.82) is 0 Å². The molecule has 2 atom stereocenters. The molecule has 0 fully saturated rings. The highest BCUT2D eigenvalue weighted by molar-refractivity contribution is 5.82. The van der Waals surface area contributed by atoms with E-state index >= 15 is 0 Å². The summed E-state index contributed by atoms with van der Waals surface area (Å²) in [5.74, 6) is 5.70. The lowest BCUT2D eigenvalue weighted by atomic mass is 9.83. The molecule has 0 aliphatic carbocycles. The van der Waals surface area contributed by atoms with Gasteiger partial charge in [0.15, 0.2) is 0 Å². The van der Waals surface area contributed by atoms with Crippen molar-refractivity contribution in [3.63, 3.8) is 0 Å². The fourth-order valence-corrected chi connectivity index (χ4v) is 2.77. The number of allylic oxidation sites excluding steroid dienone is 1. The highest BCUT2D eigenvalue weighted by Gasteiger charge is 2.23. The van der Waals surface area contributed by atoms with E-state index in [9.17, 15) is 9.59 Å². The molecule has 0 spiro atoms. The van der Waals surface area contributed by atoms with Crippen LogP contribution in [-0.2, 0) is 14.3 Å². The Morgan fingerprint density at radius 2 is 1.58 bits per heavy atom. The van der Waals surface area contributed by atoms with Crippen LogP contribution < -0.4 is 11.3 Å². The van der Waals surface area contributed by atoms with Crippen LogP contribution >= 0.6 is 0 Å². The molecule has 0 saturated heterocycles. The van der Waals surface area contributed by atoms with Gasteiger partial charge in [-0.25, -0.2) is 10.6 Å². The number of nitrogens with one attached hydrogen (secondary N) is 1. The number of hydrogen-bond donors (Lipinski definition) is 2. The van der Waals surface area contributed by atoms with Crippen LogP contribution in [0.1, 0.15) is 67.7 Å². The summed E-state index contributed by atoms with van der Waals surface area (Å²) in [6.45, 7) is 14.0. The average molecular weight is 341 g/mol. The molecular weight excluding hydrogens is 304 g/mol. The fourth-order valence-electron chi connectivity index (χ4n) is 2.77. The molecule has 0 saturated carbocycles. The lowest BCUT2D eigenvalue weighted by Crippen LogP contribution is -2.37. The van der Waals surface area contributed by atoms with Crippen molar-refractivity contribution in [3.8, 4) is 0 Å². The third kappa shape index (κ3) is 11.2. The van der Waals surface area contributed by atoms with Crippen LogP contribution in [0.5, 0.6) is 0 Å². The standard InChI is InChI=1S/C19H36N2O3/c1-13(2)10-15(8-9-17(22)24-19(5,6)7)12-16(11-14(3)4)18(23)21-20/h8-9,13-16H,10-12,20H2,1-7H3,(H,21,23)/t15?,16-/m1/s1. The topological polar surface area (TPSA) is 81.4 Å². The Bertz CT molecular complexity index is 423. The molecule has 0 aliphatic rings. The Morgan fingerprint density at radius 3 is 2.00 bits per heavy atom. The van der Waals surface area contributed by atoms with E-state index in [1.54, 1.807) is 0 Å². The van der Waals surface area contributed by atoms with Crippen LogP contribution in [0.2, 0.25) is 0 Å². The minimum Gasteiger partial charge on any atom is -0.457 e. The van der Waals surface area contributed by atoms with Gasteiger partial charge in [0.1, 0.15) is 5.60 Å². The van der Waals surface area contributed by atoms with Crippen LogP contribution in [-0.4, -0.2) is 17.5 Å². The van der Waals surface area contributed by atoms with Crippen molar-refractivity contribution in [2.45, 2.75) is 73.3 Å². The summed E-state index contributed by atoms with van der Waals surface area (Å²) in [6, 6.07) is 0. The molecule has 0 bridgehead atoms. The zero-order chi connectivity index (χ0) is 18.9. The summed E-state index contributed by atoms with van der Waals surface area (Å²) in [6.07, 6.45) is 5.73. The maximum atomic E-state index is 12.0. The molecule has 0 heterocycles. The van der Waals surface area contributed by atoms with E-state index in [-0.39, 0.29) is 23.7 Å². The van der Waals surface area contributed by atoms with E-state index in [4.69, 9.17) is 10.6 Å². The molecule has 0 aliphatic heterocycles. The van der Waals surface area contributed by atoms with E-state index in [1.165, 1.54) is 6.08 Å². The zero-order valence-corrected chi connectivity index (χ0v) is 16.4. The van der Waals surface area contributed by atoms with Crippen LogP contribution in [0.4, 0.5) is 0 Å². The monoisotopic (exact) mass is 340 g/mol. The number of ether oxygens (including phenoxy) is 1. The number of carbonyl (C=O) groups excluding carboxylic acids is 2. The van der Waals surface area contributed by atoms with Crippen molar-refractivity contribution in [2.75, 3.05) is 0 Å². The second kappa shape index (κ2) is 10.5. The zero-order valence-electron chi connectivity index (χ0n) is 16.4. The normalized spacial score (nSPS) is 14.9. The first-order valence-corrected chi connectivity index (χ1v) is 8.86. The Morgan fingerprint density at radius 1 is 1.04 bits per heavy atom. The van der Waals surface area contributed by atoms with Gasteiger partial charge >= 0.3 is 5.97 Å². The Kier molecular flexibility index (Phi) is 9.90. The summed E-state index contributed by atoms with van der Waals surface area (Å²) in [5.41, 5.74) is 1.77. The van der Waals surface area contributed by atoms with Gasteiger partial charge in [-0.2, -0.15) is 0 Å². The number of esters is 1. The largest absolute Gasteiger partial charge is 0.457 e. The molecule has 0 aromatic heterocycles. The first-order chi connectivity index (χ1) is 10.9. The molecule has 5 heteroatoms. The summed E-state index contributed by atoms with van der Waals surface area (Å²) in [7, 11) is 0. The molecular formula is C19H36N2O3. The first kappa shape index (κ1) is 22.6. The van der Waals surface area contributed by atoms with Gasteiger partial charge in [-0.15, -0.1) is 0 Å². The minimum atomic E-state index is -0.505. The predicted molar refractivity (Wildman–Crippen MR) is 97.8 cm³/mol. The summed E-state index contributed by atoms with van der Waals surface area (Å²) >= 11 is 0. The maximum absolute atomic E-state index is 12.0. The molecule has 0 aromatic rings. The SMILES string of the molecule is CC(C)CC(C=CC(=O)OC(C)(C)C)C[C@@H](CC(C)C)C(=O)NN. The van der Waals surface area contributed by atoms with Gasteiger partial charge in [-0.05, 0) is 57.8 Å². The van der Waals surface area contributed by atoms with E-state index < -0.39 is 5.60 Å². The molecule has 5 nitrogen and oxygen atoms in total. The highest BCUT2D eigenvalue weighted by Crippen LogP contribution is 2.26. The lowest BCUT2D eigenvalue weighted by Gasteiger charge is -2.23. The van der Waals surface area contributed by atoms with E-state index in [2.05, 4.69) is 33.1 Å². The third-order valence-corrected chi connectivity index (χ3v) is 3.54. The van der Waals surface area contributed by atoms with Crippen LogP contribution in [0.25, 0.3) is 0 Å². The molecule has 0 aromatic carbocycles. The van der Waals surface area contributed by atoms with Crippen molar-refractivity contribution in [3.05, 3.63) is 12.2 Å². The fraction of sp³-hybridized carbons (Fsp3) is 0.789. The molecule has 1 unspecified atom stereocenters. The van der Waals surface area contributed by atoms with Gasteiger partial charge in [0, 0.05) is 12.0 Å². The number of carbonyl (C=O) groups is 2. The molecule has 0 radical (unpaired) electrons. The predicted octanol–water partition coefficient (Wildman–Crippen LogP) is 3.59. The summed E-state index contributed by atoms with van der Waals surface area (Å²) < 4.78 is 5.31.